The lowest BCUT2D eigenvalue weighted by Gasteiger charge is -2.37. The van der Waals surface area contributed by atoms with Crippen molar-refractivity contribution in [3.05, 3.63) is 42.0 Å². The fourth-order valence-corrected chi connectivity index (χ4v) is 7.50. The first kappa shape index (κ1) is 29.4. The summed E-state index contributed by atoms with van der Waals surface area (Å²) in [6.07, 6.45) is 27.8. The van der Waals surface area contributed by atoms with Gasteiger partial charge < -0.3 is 9.84 Å². The zero-order chi connectivity index (χ0) is 26.7. The Morgan fingerprint density at radius 3 is 1.95 bits per heavy atom. The molecule has 0 spiro atoms. The lowest BCUT2D eigenvalue weighted by atomic mass is 9.68. The number of benzene rings is 1. The number of allylic oxidation sites excluding steroid dienone is 2. The highest BCUT2D eigenvalue weighted by Crippen LogP contribution is 2.43. The first-order chi connectivity index (χ1) is 18.6. The van der Waals surface area contributed by atoms with Crippen LogP contribution in [0.5, 0.6) is 5.75 Å². The fourth-order valence-electron chi connectivity index (χ4n) is 7.50. The van der Waals surface area contributed by atoms with Crippen molar-refractivity contribution < 1.29 is 14.6 Å². The topological polar surface area (TPSA) is 46.5 Å². The first-order valence-electron chi connectivity index (χ1n) is 16.2. The summed E-state index contributed by atoms with van der Waals surface area (Å²) in [5.74, 6) is 4.96. The molecule has 1 unspecified atom stereocenters. The van der Waals surface area contributed by atoms with Crippen LogP contribution >= 0.6 is 0 Å². The number of ether oxygens (including phenoxy) is 1. The fraction of sp³-hybridized carbons (Fsp3) is 0.743. The highest BCUT2D eigenvalue weighted by atomic mass is 16.5. The second-order valence-electron chi connectivity index (χ2n) is 13.0. The van der Waals surface area contributed by atoms with E-state index in [1.807, 2.05) is 12.1 Å². The molecule has 0 heterocycles. The zero-order valence-electron chi connectivity index (χ0n) is 24.3. The Kier molecular flexibility index (Phi) is 11.8. The van der Waals surface area contributed by atoms with Crippen LogP contribution < -0.4 is 4.74 Å². The van der Waals surface area contributed by atoms with E-state index in [1.165, 1.54) is 108 Å². The van der Waals surface area contributed by atoms with Crippen LogP contribution in [0.4, 0.5) is 0 Å². The van der Waals surface area contributed by atoms with Gasteiger partial charge in [-0.05, 0) is 124 Å². The molecule has 3 aliphatic rings. The van der Waals surface area contributed by atoms with E-state index in [-0.39, 0.29) is 12.6 Å². The lowest BCUT2D eigenvalue weighted by Crippen LogP contribution is -2.25. The van der Waals surface area contributed by atoms with E-state index >= 15 is 0 Å². The van der Waals surface area contributed by atoms with E-state index < -0.39 is 5.92 Å². The standard InChI is InChI=1S/C35H54O3/c1-3-4-5-6-27-9-15-30(16-10-27)31-17-11-28(12-18-31)7-8-29-13-19-32(20-14-29)33-21-23-34(24-22-33)38-35(37)26(2)25-36/h7-8,21-24,26-32,36H,3-6,9-20,25H2,1-2H3/b8-7+. The molecule has 38 heavy (non-hydrogen) atoms. The lowest BCUT2D eigenvalue weighted by molar-refractivity contribution is -0.139. The predicted octanol–water partition coefficient (Wildman–Crippen LogP) is 9.24. The van der Waals surface area contributed by atoms with Crippen LogP contribution in [0.1, 0.15) is 128 Å². The van der Waals surface area contributed by atoms with Gasteiger partial charge in [0.15, 0.2) is 0 Å². The van der Waals surface area contributed by atoms with Crippen molar-refractivity contribution in [2.45, 2.75) is 122 Å². The van der Waals surface area contributed by atoms with E-state index in [4.69, 9.17) is 9.84 Å². The molecule has 4 rings (SSSR count). The second-order valence-corrected chi connectivity index (χ2v) is 13.0. The summed E-state index contributed by atoms with van der Waals surface area (Å²) in [6.45, 7) is 3.81. The minimum atomic E-state index is -0.488. The predicted molar refractivity (Wildman–Crippen MR) is 157 cm³/mol. The van der Waals surface area contributed by atoms with Gasteiger partial charge in [-0.25, -0.2) is 0 Å². The van der Waals surface area contributed by atoms with Gasteiger partial charge in [0.2, 0.25) is 0 Å². The normalized spacial score (nSPS) is 31.2. The van der Waals surface area contributed by atoms with Gasteiger partial charge in [0.25, 0.3) is 0 Å². The molecular formula is C35H54O3. The van der Waals surface area contributed by atoms with Crippen LogP contribution in [0.3, 0.4) is 0 Å². The number of hydrogen-bond donors (Lipinski definition) is 1. The van der Waals surface area contributed by atoms with E-state index in [9.17, 15) is 4.79 Å². The molecule has 1 aromatic carbocycles. The van der Waals surface area contributed by atoms with Gasteiger partial charge in [0.05, 0.1) is 12.5 Å². The van der Waals surface area contributed by atoms with Gasteiger partial charge in [-0.3, -0.25) is 4.79 Å². The minimum Gasteiger partial charge on any atom is -0.426 e. The summed E-state index contributed by atoms with van der Waals surface area (Å²) in [5.41, 5.74) is 1.36. The molecule has 0 bridgehead atoms. The molecule has 3 nitrogen and oxygen atoms in total. The Bertz CT molecular complexity index is 834. The summed E-state index contributed by atoms with van der Waals surface area (Å²) in [6, 6.07) is 8.03. The molecule has 0 aromatic heterocycles. The molecule has 0 radical (unpaired) electrons. The molecule has 0 aliphatic heterocycles. The molecule has 3 fully saturated rings. The third-order valence-electron chi connectivity index (χ3n) is 10.3. The van der Waals surface area contributed by atoms with Crippen LogP contribution in [-0.2, 0) is 4.79 Å². The Balaban J connectivity index is 1.12. The van der Waals surface area contributed by atoms with Gasteiger partial charge in [0, 0.05) is 0 Å². The van der Waals surface area contributed by atoms with E-state index in [0.29, 0.717) is 11.7 Å². The molecule has 1 N–H and O–H groups in total. The van der Waals surface area contributed by atoms with Crippen LogP contribution in [-0.4, -0.2) is 17.7 Å². The first-order valence-corrected chi connectivity index (χ1v) is 16.2. The zero-order valence-corrected chi connectivity index (χ0v) is 24.3. The second kappa shape index (κ2) is 15.2. The maximum Gasteiger partial charge on any atom is 0.316 e. The van der Waals surface area contributed by atoms with Crippen LogP contribution in [0.15, 0.2) is 36.4 Å². The number of unbranched alkanes of at least 4 members (excludes halogenated alkanes) is 2. The molecule has 1 atom stereocenters. The highest BCUT2D eigenvalue weighted by molar-refractivity contribution is 5.74. The summed E-state index contributed by atoms with van der Waals surface area (Å²) in [5, 5.41) is 9.12. The molecule has 1 aromatic rings. The highest BCUT2D eigenvalue weighted by Gasteiger charge is 2.30. The molecular weight excluding hydrogens is 468 g/mol. The third kappa shape index (κ3) is 8.70. The Labute approximate surface area is 232 Å². The smallest absolute Gasteiger partial charge is 0.316 e. The summed E-state index contributed by atoms with van der Waals surface area (Å²) in [4.78, 5) is 11.9. The van der Waals surface area contributed by atoms with Crippen LogP contribution in [0, 0.1) is 35.5 Å². The Hall–Kier alpha value is -1.61. The van der Waals surface area contributed by atoms with Crippen molar-refractivity contribution in [2.24, 2.45) is 35.5 Å². The van der Waals surface area contributed by atoms with Crippen molar-refractivity contribution in [3.8, 4) is 5.75 Å². The number of carbonyl (C=O) groups is 1. The number of esters is 1. The van der Waals surface area contributed by atoms with Crippen LogP contribution in [0.25, 0.3) is 0 Å². The SMILES string of the molecule is CCCCCC1CCC(C2CCC(/C=C/C3CCC(c4ccc(OC(=O)C(C)CO)cc4)CC3)CC2)CC1. The number of aliphatic hydroxyl groups excluding tert-OH is 1. The Morgan fingerprint density at radius 1 is 0.842 bits per heavy atom. The summed E-state index contributed by atoms with van der Waals surface area (Å²) < 4.78 is 5.37. The minimum absolute atomic E-state index is 0.185. The number of rotatable bonds is 11. The Morgan fingerprint density at radius 2 is 1.39 bits per heavy atom. The van der Waals surface area contributed by atoms with Crippen molar-refractivity contribution >= 4 is 5.97 Å². The largest absolute Gasteiger partial charge is 0.426 e. The van der Waals surface area contributed by atoms with Crippen molar-refractivity contribution in [1.29, 1.82) is 0 Å². The van der Waals surface area contributed by atoms with Crippen molar-refractivity contribution in [3.63, 3.8) is 0 Å². The average molecular weight is 523 g/mol. The number of hydrogen-bond acceptors (Lipinski definition) is 3. The molecule has 212 valence electrons. The maximum absolute atomic E-state index is 11.9. The van der Waals surface area contributed by atoms with E-state index in [2.05, 4.69) is 31.2 Å². The van der Waals surface area contributed by atoms with Crippen LogP contribution in [0.2, 0.25) is 0 Å². The molecule has 0 amide bonds. The average Bonchev–Trinajstić information content (AvgIpc) is 2.97. The summed E-state index contributed by atoms with van der Waals surface area (Å²) in [7, 11) is 0. The quantitative estimate of drug-likeness (QED) is 0.136. The molecule has 3 heteroatoms. The van der Waals surface area contributed by atoms with Gasteiger partial charge in [-0.2, -0.15) is 0 Å². The summed E-state index contributed by atoms with van der Waals surface area (Å²) >= 11 is 0. The molecule has 3 saturated carbocycles. The van der Waals surface area contributed by atoms with Gasteiger partial charge in [0.1, 0.15) is 5.75 Å². The number of carbonyl (C=O) groups excluding carboxylic acids is 1. The van der Waals surface area contributed by atoms with Gasteiger partial charge in [-0.15, -0.1) is 0 Å². The maximum atomic E-state index is 11.9. The van der Waals surface area contributed by atoms with Crippen molar-refractivity contribution in [2.75, 3.05) is 6.61 Å². The van der Waals surface area contributed by atoms with E-state index in [1.54, 1.807) is 6.92 Å². The monoisotopic (exact) mass is 522 g/mol. The molecule has 0 saturated heterocycles. The van der Waals surface area contributed by atoms with E-state index in [0.717, 1.165) is 29.6 Å². The van der Waals surface area contributed by atoms with Crippen molar-refractivity contribution in [1.82, 2.24) is 0 Å². The van der Waals surface area contributed by atoms with Gasteiger partial charge >= 0.3 is 5.97 Å². The van der Waals surface area contributed by atoms with Gasteiger partial charge in [-0.1, -0.05) is 69.7 Å². The third-order valence-corrected chi connectivity index (χ3v) is 10.3. The number of aliphatic hydroxyl groups is 1. The molecule has 3 aliphatic carbocycles.